The molecule has 0 radical (unpaired) electrons. The molecule has 3 aromatic rings. The fraction of sp³-hybridized carbons (Fsp3) is 0.231. The predicted octanol–water partition coefficient (Wildman–Crippen LogP) is 5.74. The van der Waals surface area contributed by atoms with Gasteiger partial charge in [0.15, 0.2) is 5.78 Å². The molecule has 0 saturated carbocycles. The fourth-order valence-electron chi connectivity index (χ4n) is 3.26. The van der Waals surface area contributed by atoms with Gasteiger partial charge in [-0.05, 0) is 54.8 Å². The number of aryl methyl sites for hydroxylation is 2. The number of rotatable bonds is 11. The minimum Gasteiger partial charge on any atom is -0.493 e. The van der Waals surface area contributed by atoms with Crippen molar-refractivity contribution in [2.24, 2.45) is 0 Å². The van der Waals surface area contributed by atoms with Crippen LogP contribution in [0.2, 0.25) is 5.02 Å². The zero-order valence-electron chi connectivity index (χ0n) is 17.8. The highest BCUT2D eigenvalue weighted by molar-refractivity contribution is 6.31. The van der Waals surface area contributed by atoms with Crippen molar-refractivity contribution in [2.45, 2.75) is 26.2 Å². The summed E-state index contributed by atoms with van der Waals surface area (Å²) in [6, 6.07) is 19.7. The van der Waals surface area contributed by atoms with E-state index in [4.69, 9.17) is 26.2 Å². The van der Waals surface area contributed by atoms with Gasteiger partial charge in [0.2, 0.25) is 0 Å². The highest BCUT2D eigenvalue weighted by atomic mass is 35.5. The molecule has 0 bridgehead atoms. The van der Waals surface area contributed by atoms with Crippen LogP contribution in [-0.2, 0) is 11.2 Å². The molecule has 3 rings (SSSR count). The highest BCUT2D eigenvalue weighted by Crippen LogP contribution is 2.26. The molecule has 166 valence electrons. The van der Waals surface area contributed by atoms with Crippen molar-refractivity contribution < 1.29 is 24.2 Å². The van der Waals surface area contributed by atoms with Gasteiger partial charge < -0.3 is 14.6 Å². The van der Waals surface area contributed by atoms with Crippen molar-refractivity contribution in [3.05, 3.63) is 94.0 Å². The Morgan fingerprint density at radius 3 is 2.41 bits per heavy atom. The van der Waals surface area contributed by atoms with Gasteiger partial charge in [-0.25, -0.2) is 0 Å². The minimum absolute atomic E-state index is 0.109. The Balaban J connectivity index is 1.52. The summed E-state index contributed by atoms with van der Waals surface area (Å²) < 4.78 is 11.6. The van der Waals surface area contributed by atoms with Crippen molar-refractivity contribution in [1.82, 2.24) is 0 Å². The summed E-state index contributed by atoms with van der Waals surface area (Å²) in [5, 5.41) is 9.30. The molecule has 1 N–H and O–H groups in total. The third-order valence-corrected chi connectivity index (χ3v) is 5.19. The number of hydrogen-bond donors (Lipinski definition) is 1. The van der Waals surface area contributed by atoms with Gasteiger partial charge in [-0.3, -0.25) is 9.59 Å². The Hall–Kier alpha value is -3.31. The van der Waals surface area contributed by atoms with Crippen LogP contribution in [0.25, 0.3) is 0 Å². The normalized spacial score (nSPS) is 10.6. The van der Waals surface area contributed by atoms with Gasteiger partial charge in [0.25, 0.3) is 0 Å². The molecule has 0 amide bonds. The zero-order chi connectivity index (χ0) is 22.9. The lowest BCUT2D eigenvalue weighted by atomic mass is 10.0. The Morgan fingerprint density at radius 1 is 0.938 bits per heavy atom. The first kappa shape index (κ1) is 23.4. The lowest BCUT2D eigenvalue weighted by molar-refractivity contribution is -0.136. The topological polar surface area (TPSA) is 72.8 Å². The third kappa shape index (κ3) is 6.59. The van der Waals surface area contributed by atoms with Crippen LogP contribution in [0.1, 0.15) is 39.9 Å². The molecule has 6 heteroatoms. The molecule has 0 unspecified atom stereocenters. The number of carboxylic acid groups (broad SMARTS) is 1. The quantitative estimate of drug-likeness (QED) is 0.296. The first-order chi connectivity index (χ1) is 15.4. The van der Waals surface area contributed by atoms with E-state index in [-0.39, 0.29) is 12.2 Å². The smallest absolute Gasteiger partial charge is 0.303 e. The second-order valence-corrected chi connectivity index (χ2v) is 7.80. The molecule has 0 aromatic heterocycles. The van der Waals surface area contributed by atoms with E-state index in [2.05, 4.69) is 0 Å². The standard InChI is InChI=1S/C26H25ClO5/c1-18-16-22(11-8-19(18)9-13-25(28)29)31-14-5-15-32-24-12-10-21(27)17-23(24)26(30)20-6-3-2-4-7-20/h2-4,6-8,10-12,16-17H,5,9,13-15H2,1H3,(H,28,29). The van der Waals surface area contributed by atoms with E-state index in [1.807, 2.05) is 43.3 Å². The Kier molecular flexibility index (Phi) is 8.28. The number of ether oxygens (including phenoxy) is 2. The molecule has 5 nitrogen and oxygen atoms in total. The molecule has 32 heavy (non-hydrogen) atoms. The van der Waals surface area contributed by atoms with Gasteiger partial charge in [0.05, 0.1) is 18.8 Å². The van der Waals surface area contributed by atoms with Gasteiger partial charge >= 0.3 is 5.97 Å². The summed E-state index contributed by atoms with van der Waals surface area (Å²) in [5.74, 6) is 0.270. The SMILES string of the molecule is Cc1cc(OCCCOc2ccc(Cl)cc2C(=O)c2ccccc2)ccc1CCC(=O)O. The van der Waals surface area contributed by atoms with Crippen molar-refractivity contribution in [3.8, 4) is 11.5 Å². The van der Waals surface area contributed by atoms with Crippen LogP contribution in [0.15, 0.2) is 66.7 Å². The molecule has 0 atom stereocenters. The van der Waals surface area contributed by atoms with Crippen LogP contribution in [0.3, 0.4) is 0 Å². The lowest BCUT2D eigenvalue weighted by Gasteiger charge is -2.13. The molecule has 3 aromatic carbocycles. The second-order valence-electron chi connectivity index (χ2n) is 7.37. The van der Waals surface area contributed by atoms with Crippen molar-refractivity contribution in [1.29, 1.82) is 0 Å². The Bertz CT molecular complexity index is 1080. The van der Waals surface area contributed by atoms with Gasteiger partial charge in [-0.2, -0.15) is 0 Å². The van der Waals surface area contributed by atoms with Gasteiger partial charge in [-0.15, -0.1) is 0 Å². The van der Waals surface area contributed by atoms with Gasteiger partial charge in [-0.1, -0.05) is 48.0 Å². The first-order valence-electron chi connectivity index (χ1n) is 10.4. The van der Waals surface area contributed by atoms with Gasteiger partial charge in [0, 0.05) is 23.4 Å². The van der Waals surface area contributed by atoms with Gasteiger partial charge in [0.1, 0.15) is 11.5 Å². The molecule has 0 aliphatic heterocycles. The van der Waals surface area contributed by atoms with Crippen LogP contribution in [-0.4, -0.2) is 30.1 Å². The summed E-state index contributed by atoms with van der Waals surface area (Å²) in [4.78, 5) is 23.6. The molecule has 0 heterocycles. The number of ketones is 1. The number of benzene rings is 3. The Morgan fingerprint density at radius 2 is 1.69 bits per heavy atom. The summed E-state index contributed by atoms with van der Waals surface area (Å²) in [7, 11) is 0. The third-order valence-electron chi connectivity index (χ3n) is 4.96. The monoisotopic (exact) mass is 452 g/mol. The minimum atomic E-state index is -0.806. The van der Waals surface area contributed by atoms with Crippen LogP contribution in [0.5, 0.6) is 11.5 Å². The summed E-state index contributed by atoms with van der Waals surface area (Å²) in [5.41, 5.74) is 3.01. The number of hydrogen-bond acceptors (Lipinski definition) is 4. The second kappa shape index (κ2) is 11.3. The van der Waals surface area contributed by atoms with E-state index < -0.39 is 5.97 Å². The highest BCUT2D eigenvalue weighted by Gasteiger charge is 2.15. The van der Waals surface area contributed by atoms with E-state index in [9.17, 15) is 9.59 Å². The van der Waals surface area contributed by atoms with Crippen LogP contribution < -0.4 is 9.47 Å². The maximum atomic E-state index is 12.8. The van der Waals surface area contributed by atoms with Crippen LogP contribution >= 0.6 is 11.6 Å². The summed E-state index contributed by atoms with van der Waals surface area (Å²) >= 11 is 6.10. The molecule has 0 fully saturated rings. The predicted molar refractivity (Wildman–Crippen MR) is 124 cm³/mol. The van der Waals surface area contributed by atoms with Crippen molar-refractivity contribution in [2.75, 3.05) is 13.2 Å². The average Bonchev–Trinajstić information content (AvgIpc) is 2.79. The van der Waals surface area contributed by atoms with Crippen molar-refractivity contribution in [3.63, 3.8) is 0 Å². The number of halogens is 1. The first-order valence-corrected chi connectivity index (χ1v) is 10.8. The van der Waals surface area contributed by atoms with E-state index in [1.54, 1.807) is 30.3 Å². The van der Waals surface area contributed by atoms with Crippen LogP contribution in [0.4, 0.5) is 0 Å². The maximum Gasteiger partial charge on any atom is 0.303 e. The Labute approximate surface area is 192 Å². The average molecular weight is 453 g/mol. The molecular formula is C26H25ClO5. The number of carbonyl (C=O) groups excluding carboxylic acids is 1. The molecule has 0 aliphatic carbocycles. The zero-order valence-corrected chi connectivity index (χ0v) is 18.6. The number of carbonyl (C=O) groups is 2. The maximum absolute atomic E-state index is 12.8. The molecule has 0 aliphatic rings. The molecule has 0 saturated heterocycles. The van der Waals surface area contributed by atoms with Crippen LogP contribution in [0, 0.1) is 6.92 Å². The number of aliphatic carboxylic acids is 1. The van der Waals surface area contributed by atoms with E-state index in [0.717, 1.165) is 16.9 Å². The molecule has 0 spiro atoms. The number of carboxylic acids is 1. The largest absolute Gasteiger partial charge is 0.493 e. The van der Waals surface area contributed by atoms with E-state index >= 15 is 0 Å². The lowest BCUT2D eigenvalue weighted by Crippen LogP contribution is -2.09. The van der Waals surface area contributed by atoms with E-state index in [1.165, 1.54) is 0 Å². The van der Waals surface area contributed by atoms with Crippen molar-refractivity contribution >= 4 is 23.4 Å². The summed E-state index contributed by atoms with van der Waals surface area (Å²) in [6.45, 7) is 2.77. The summed E-state index contributed by atoms with van der Waals surface area (Å²) in [6.07, 6.45) is 1.24. The molecular weight excluding hydrogens is 428 g/mol. The fourth-order valence-corrected chi connectivity index (χ4v) is 3.43. The van der Waals surface area contributed by atoms with E-state index in [0.29, 0.717) is 48.0 Å².